The molecule has 0 radical (unpaired) electrons. The van der Waals surface area contributed by atoms with Crippen LogP contribution >= 0.6 is 15.9 Å². The van der Waals surface area contributed by atoms with E-state index in [4.69, 9.17) is 9.47 Å². The molecule has 0 bridgehead atoms. The molecule has 24 heavy (non-hydrogen) atoms. The van der Waals surface area contributed by atoms with Gasteiger partial charge in [-0.1, -0.05) is 24.3 Å². The molecule has 0 spiro atoms. The largest absolute Gasteiger partial charge is 0.492 e. The first-order valence-corrected chi connectivity index (χ1v) is 8.81. The van der Waals surface area contributed by atoms with Crippen LogP contribution in [0.4, 0.5) is 0 Å². The maximum atomic E-state index is 5.91. The molecule has 0 saturated carbocycles. The van der Waals surface area contributed by atoms with Crippen molar-refractivity contribution in [1.29, 1.82) is 0 Å². The van der Waals surface area contributed by atoms with Crippen LogP contribution in [0.1, 0.15) is 17.7 Å². The predicted octanol–water partition coefficient (Wildman–Crippen LogP) is 5.46. The maximum absolute atomic E-state index is 5.91. The molecule has 3 aromatic rings. The zero-order chi connectivity index (χ0) is 16.9. The highest BCUT2D eigenvalue weighted by Gasteiger charge is 2.05. The van der Waals surface area contributed by atoms with Crippen molar-refractivity contribution in [2.45, 2.75) is 20.3 Å². The Kier molecular flexibility index (Phi) is 5.36. The zero-order valence-electron chi connectivity index (χ0n) is 13.9. The molecule has 3 rings (SSSR count). The Bertz CT molecular complexity index is 848. The van der Waals surface area contributed by atoms with Gasteiger partial charge in [-0.2, -0.15) is 0 Å². The summed E-state index contributed by atoms with van der Waals surface area (Å²) in [6.45, 7) is 5.25. The molecule has 2 aromatic carbocycles. The highest BCUT2D eigenvalue weighted by Crippen LogP contribution is 2.26. The fourth-order valence-corrected chi connectivity index (χ4v) is 3.09. The fourth-order valence-electron chi connectivity index (χ4n) is 2.48. The Morgan fingerprint density at radius 3 is 2.50 bits per heavy atom. The molecular weight excluding hydrogens is 366 g/mol. The molecule has 0 aliphatic rings. The second-order valence-electron chi connectivity index (χ2n) is 5.76. The van der Waals surface area contributed by atoms with Gasteiger partial charge < -0.3 is 9.47 Å². The molecule has 0 aliphatic carbocycles. The van der Waals surface area contributed by atoms with Crippen molar-refractivity contribution >= 4 is 26.8 Å². The lowest BCUT2D eigenvalue weighted by Crippen LogP contribution is -2.05. The van der Waals surface area contributed by atoms with Gasteiger partial charge in [-0.3, -0.25) is 0 Å². The summed E-state index contributed by atoms with van der Waals surface area (Å²) < 4.78 is 12.7. The number of aromatic nitrogens is 1. The summed E-state index contributed by atoms with van der Waals surface area (Å²) in [6, 6.07) is 16.2. The SMILES string of the molecule is Cc1ccc(OCCCOc2cccc3ccc(C)nc23)c(Br)c1. The number of fused-ring (bicyclic) bond motifs is 1. The van der Waals surface area contributed by atoms with Crippen LogP contribution < -0.4 is 9.47 Å². The van der Waals surface area contributed by atoms with Gasteiger partial charge in [0.15, 0.2) is 0 Å². The van der Waals surface area contributed by atoms with Crippen molar-refractivity contribution in [3.63, 3.8) is 0 Å². The van der Waals surface area contributed by atoms with Crippen molar-refractivity contribution < 1.29 is 9.47 Å². The van der Waals surface area contributed by atoms with Gasteiger partial charge in [-0.05, 0) is 59.6 Å². The summed E-state index contributed by atoms with van der Waals surface area (Å²) in [5.74, 6) is 1.69. The van der Waals surface area contributed by atoms with Gasteiger partial charge in [0.25, 0.3) is 0 Å². The van der Waals surface area contributed by atoms with Crippen LogP contribution in [0.2, 0.25) is 0 Å². The summed E-state index contributed by atoms with van der Waals surface area (Å²) in [6.07, 6.45) is 0.808. The van der Waals surface area contributed by atoms with Crippen molar-refractivity contribution in [2.75, 3.05) is 13.2 Å². The molecule has 1 aromatic heterocycles. The first kappa shape index (κ1) is 16.8. The van der Waals surface area contributed by atoms with Gasteiger partial charge in [0.1, 0.15) is 17.0 Å². The molecule has 4 heteroatoms. The molecule has 0 atom stereocenters. The lowest BCUT2D eigenvalue weighted by atomic mass is 10.2. The Morgan fingerprint density at radius 1 is 0.917 bits per heavy atom. The molecule has 0 amide bonds. The molecule has 0 fully saturated rings. The van der Waals surface area contributed by atoms with Crippen LogP contribution in [-0.2, 0) is 0 Å². The molecule has 3 nitrogen and oxygen atoms in total. The molecular formula is C20H20BrNO2. The van der Waals surface area contributed by atoms with Crippen LogP contribution in [0.3, 0.4) is 0 Å². The number of benzene rings is 2. The summed E-state index contributed by atoms with van der Waals surface area (Å²) in [5.41, 5.74) is 3.11. The van der Waals surface area contributed by atoms with Crippen molar-refractivity contribution in [3.8, 4) is 11.5 Å². The molecule has 0 N–H and O–H groups in total. The molecule has 0 unspecified atom stereocenters. The van der Waals surface area contributed by atoms with E-state index in [2.05, 4.69) is 40.0 Å². The van der Waals surface area contributed by atoms with E-state index < -0.39 is 0 Å². The maximum Gasteiger partial charge on any atom is 0.145 e. The number of hydrogen-bond acceptors (Lipinski definition) is 3. The standard InChI is InChI=1S/C20H20BrNO2/c1-14-7-10-18(17(21)13-14)23-11-4-12-24-19-6-3-5-16-9-8-15(2)22-20(16)19/h3,5-10,13H,4,11-12H2,1-2H3. The number of aryl methyl sites for hydroxylation is 2. The van der Waals surface area contributed by atoms with E-state index >= 15 is 0 Å². The quantitative estimate of drug-likeness (QED) is 0.527. The smallest absolute Gasteiger partial charge is 0.145 e. The molecule has 0 saturated heterocycles. The minimum absolute atomic E-state index is 0.595. The Balaban J connectivity index is 1.54. The minimum Gasteiger partial charge on any atom is -0.492 e. The third-order valence-electron chi connectivity index (χ3n) is 3.71. The summed E-state index contributed by atoms with van der Waals surface area (Å²) in [5, 5.41) is 1.10. The van der Waals surface area contributed by atoms with Crippen LogP contribution in [0.25, 0.3) is 10.9 Å². The van der Waals surface area contributed by atoms with E-state index in [9.17, 15) is 0 Å². The number of para-hydroxylation sites is 1. The van der Waals surface area contributed by atoms with Gasteiger partial charge in [-0.25, -0.2) is 4.98 Å². The first-order valence-electron chi connectivity index (χ1n) is 8.01. The predicted molar refractivity (Wildman–Crippen MR) is 101 cm³/mol. The Morgan fingerprint density at radius 2 is 1.71 bits per heavy atom. The van der Waals surface area contributed by atoms with Crippen LogP contribution in [-0.4, -0.2) is 18.2 Å². The lowest BCUT2D eigenvalue weighted by Gasteiger charge is -2.11. The highest BCUT2D eigenvalue weighted by atomic mass is 79.9. The van der Waals surface area contributed by atoms with E-state index in [1.54, 1.807) is 0 Å². The second kappa shape index (κ2) is 7.67. The number of rotatable bonds is 6. The van der Waals surface area contributed by atoms with E-state index in [0.29, 0.717) is 13.2 Å². The third kappa shape index (κ3) is 4.06. The van der Waals surface area contributed by atoms with Gasteiger partial charge in [0.2, 0.25) is 0 Å². The number of pyridine rings is 1. The number of nitrogens with zero attached hydrogens (tertiary/aromatic N) is 1. The summed E-state index contributed by atoms with van der Waals surface area (Å²) in [7, 11) is 0. The summed E-state index contributed by atoms with van der Waals surface area (Å²) in [4.78, 5) is 4.58. The second-order valence-corrected chi connectivity index (χ2v) is 6.62. The van der Waals surface area contributed by atoms with E-state index in [0.717, 1.165) is 39.0 Å². The van der Waals surface area contributed by atoms with Crippen LogP contribution in [0.15, 0.2) is 53.0 Å². The monoisotopic (exact) mass is 385 g/mol. The van der Waals surface area contributed by atoms with Crippen molar-refractivity contribution in [3.05, 3.63) is 64.3 Å². The molecule has 0 aliphatic heterocycles. The van der Waals surface area contributed by atoms with Gasteiger partial charge >= 0.3 is 0 Å². The van der Waals surface area contributed by atoms with Crippen molar-refractivity contribution in [2.24, 2.45) is 0 Å². The normalized spacial score (nSPS) is 10.8. The topological polar surface area (TPSA) is 31.4 Å². The van der Waals surface area contributed by atoms with Gasteiger partial charge in [-0.15, -0.1) is 0 Å². The average Bonchev–Trinajstić information content (AvgIpc) is 2.56. The average molecular weight is 386 g/mol. The fraction of sp³-hybridized carbons (Fsp3) is 0.250. The van der Waals surface area contributed by atoms with E-state index in [1.807, 2.05) is 43.3 Å². The van der Waals surface area contributed by atoms with E-state index in [-0.39, 0.29) is 0 Å². The van der Waals surface area contributed by atoms with Gasteiger partial charge in [0.05, 0.1) is 17.7 Å². The van der Waals surface area contributed by atoms with Crippen LogP contribution in [0.5, 0.6) is 11.5 Å². The highest BCUT2D eigenvalue weighted by molar-refractivity contribution is 9.10. The number of hydrogen-bond donors (Lipinski definition) is 0. The Hall–Kier alpha value is -2.07. The zero-order valence-corrected chi connectivity index (χ0v) is 15.5. The third-order valence-corrected chi connectivity index (χ3v) is 4.33. The minimum atomic E-state index is 0.595. The first-order chi connectivity index (χ1) is 11.6. The summed E-state index contributed by atoms with van der Waals surface area (Å²) >= 11 is 3.52. The number of halogens is 1. The molecule has 1 heterocycles. The van der Waals surface area contributed by atoms with Crippen molar-refractivity contribution in [1.82, 2.24) is 4.98 Å². The van der Waals surface area contributed by atoms with Crippen LogP contribution in [0, 0.1) is 13.8 Å². The lowest BCUT2D eigenvalue weighted by molar-refractivity contribution is 0.248. The molecule has 124 valence electrons. The Labute approximate surface area is 150 Å². The number of ether oxygens (including phenoxy) is 2. The van der Waals surface area contributed by atoms with Gasteiger partial charge in [0, 0.05) is 17.5 Å². The van der Waals surface area contributed by atoms with E-state index in [1.165, 1.54) is 5.56 Å².